The molecule has 3 rings (SSSR count). The highest BCUT2D eigenvalue weighted by atomic mass is 32.2. The first kappa shape index (κ1) is 17.1. The Labute approximate surface area is 144 Å². The molecule has 8 nitrogen and oxygen atoms in total. The van der Waals surface area contributed by atoms with E-state index in [-0.39, 0.29) is 23.4 Å². The number of nitrogens with one attached hydrogen (secondary N) is 2. The van der Waals surface area contributed by atoms with Crippen molar-refractivity contribution in [1.29, 1.82) is 0 Å². The molecule has 0 radical (unpaired) electrons. The molecule has 2 N–H and O–H groups in total. The Kier molecular flexibility index (Phi) is 4.77. The summed E-state index contributed by atoms with van der Waals surface area (Å²) in [5.41, 5.74) is 1.37. The van der Waals surface area contributed by atoms with Gasteiger partial charge in [0, 0.05) is 30.8 Å². The Bertz CT molecular complexity index is 1000. The fourth-order valence-electron chi connectivity index (χ4n) is 2.12. The Morgan fingerprint density at radius 2 is 1.92 bits per heavy atom. The van der Waals surface area contributed by atoms with Gasteiger partial charge in [-0.2, -0.15) is 4.98 Å². The Hall–Kier alpha value is -2.78. The second-order valence-corrected chi connectivity index (χ2v) is 7.18. The first-order valence-corrected chi connectivity index (χ1v) is 9.00. The normalized spacial score (nSPS) is 11.6. The maximum absolute atomic E-state index is 12.2. The molecule has 0 aliphatic carbocycles. The lowest BCUT2D eigenvalue weighted by atomic mass is 10.2. The van der Waals surface area contributed by atoms with Gasteiger partial charge in [-0.3, -0.25) is 4.79 Å². The lowest BCUT2D eigenvalue weighted by molar-refractivity contribution is 0.379. The van der Waals surface area contributed by atoms with Gasteiger partial charge in [0.2, 0.25) is 27.3 Å². The number of hydrogen-bond acceptors (Lipinski definition) is 6. The Balaban J connectivity index is 1.61. The van der Waals surface area contributed by atoms with Crippen LogP contribution < -0.4 is 10.3 Å². The van der Waals surface area contributed by atoms with Gasteiger partial charge in [0.1, 0.15) is 0 Å². The zero-order chi connectivity index (χ0) is 17.9. The van der Waals surface area contributed by atoms with E-state index in [1.165, 1.54) is 12.3 Å². The molecule has 0 bridgehead atoms. The fourth-order valence-corrected chi connectivity index (χ4v) is 3.15. The van der Waals surface area contributed by atoms with Crippen LogP contribution in [0.15, 0.2) is 56.8 Å². The molecule has 0 atom stereocenters. The summed E-state index contributed by atoms with van der Waals surface area (Å²) in [7, 11) is -3.58. The average Bonchev–Trinajstić information content (AvgIpc) is 3.04. The summed E-state index contributed by atoms with van der Waals surface area (Å²) in [6.45, 7) is 2.02. The first-order valence-electron chi connectivity index (χ1n) is 7.52. The summed E-state index contributed by atoms with van der Waals surface area (Å²) >= 11 is 0. The molecule has 0 aliphatic rings. The van der Waals surface area contributed by atoms with Crippen molar-refractivity contribution in [2.45, 2.75) is 18.2 Å². The molecule has 2 aromatic heterocycles. The molecule has 0 amide bonds. The molecule has 0 unspecified atom stereocenters. The van der Waals surface area contributed by atoms with Gasteiger partial charge in [0.15, 0.2) is 0 Å². The first-order chi connectivity index (χ1) is 11.9. The van der Waals surface area contributed by atoms with Crippen LogP contribution >= 0.6 is 0 Å². The van der Waals surface area contributed by atoms with Gasteiger partial charge in [-0.15, -0.1) is 0 Å². The average molecular weight is 360 g/mol. The van der Waals surface area contributed by atoms with E-state index in [1.54, 1.807) is 30.3 Å². The van der Waals surface area contributed by atoms with Gasteiger partial charge in [-0.25, -0.2) is 13.1 Å². The summed E-state index contributed by atoms with van der Waals surface area (Å²) in [6.07, 6.45) is 1.73. The number of aromatic amines is 1. The molecule has 0 aliphatic heterocycles. The van der Waals surface area contributed by atoms with Gasteiger partial charge in [0.25, 0.3) is 0 Å². The third kappa shape index (κ3) is 4.20. The maximum Gasteiger partial charge on any atom is 0.247 e. The third-order valence-corrected chi connectivity index (χ3v) is 4.95. The minimum atomic E-state index is -3.58. The SMILES string of the molecule is Cc1ccc(S(=O)(=O)NCCc2nc(-c3ccc(=O)[nH]c3)no2)cc1. The van der Waals surface area contributed by atoms with Gasteiger partial charge in [-0.05, 0) is 25.1 Å². The highest BCUT2D eigenvalue weighted by Gasteiger charge is 2.14. The van der Waals surface area contributed by atoms with Crippen LogP contribution in [0.3, 0.4) is 0 Å². The second-order valence-electron chi connectivity index (χ2n) is 5.41. The van der Waals surface area contributed by atoms with E-state index < -0.39 is 10.0 Å². The molecule has 9 heteroatoms. The molecular weight excluding hydrogens is 344 g/mol. The summed E-state index contributed by atoms with van der Waals surface area (Å²) in [5, 5.41) is 3.81. The van der Waals surface area contributed by atoms with E-state index in [0.717, 1.165) is 5.56 Å². The molecular formula is C16H16N4O4S. The lowest BCUT2D eigenvalue weighted by Gasteiger charge is -2.05. The molecule has 3 aromatic rings. The van der Waals surface area contributed by atoms with Gasteiger partial charge in [0.05, 0.1) is 4.90 Å². The molecule has 0 spiro atoms. The number of aromatic nitrogens is 3. The molecule has 0 saturated heterocycles. The number of hydrogen-bond donors (Lipinski definition) is 2. The van der Waals surface area contributed by atoms with E-state index in [1.807, 2.05) is 6.92 Å². The molecule has 25 heavy (non-hydrogen) atoms. The van der Waals surface area contributed by atoms with Crippen LogP contribution in [-0.4, -0.2) is 30.1 Å². The second kappa shape index (κ2) is 6.99. The standard InChI is InChI=1S/C16H16N4O4S/c1-11-2-5-13(6-3-11)25(22,23)18-9-8-15-19-16(20-24-15)12-4-7-14(21)17-10-12/h2-7,10,18H,8-9H2,1H3,(H,17,21). The van der Waals surface area contributed by atoms with Crippen LogP contribution in [0.4, 0.5) is 0 Å². The van der Waals surface area contributed by atoms with E-state index in [9.17, 15) is 13.2 Å². The summed E-state index contributed by atoms with van der Waals surface area (Å²) in [4.78, 5) is 18.0. The van der Waals surface area contributed by atoms with Gasteiger partial charge < -0.3 is 9.51 Å². The van der Waals surface area contributed by atoms with Crippen molar-refractivity contribution in [3.05, 3.63) is 64.4 Å². The smallest absolute Gasteiger partial charge is 0.247 e. The minimum absolute atomic E-state index is 0.128. The maximum atomic E-state index is 12.2. The number of pyridine rings is 1. The Morgan fingerprint density at radius 3 is 2.60 bits per heavy atom. The van der Waals surface area contributed by atoms with E-state index in [4.69, 9.17) is 4.52 Å². The number of rotatable bonds is 6. The van der Waals surface area contributed by atoms with E-state index in [0.29, 0.717) is 17.3 Å². The predicted molar refractivity (Wildman–Crippen MR) is 90.4 cm³/mol. The predicted octanol–water partition coefficient (Wildman–Crippen LogP) is 1.25. The Morgan fingerprint density at radius 1 is 1.16 bits per heavy atom. The molecule has 130 valence electrons. The molecule has 0 saturated carbocycles. The van der Waals surface area contributed by atoms with E-state index >= 15 is 0 Å². The van der Waals surface area contributed by atoms with Crippen LogP contribution in [-0.2, 0) is 16.4 Å². The van der Waals surface area contributed by atoms with Gasteiger partial charge in [-0.1, -0.05) is 22.9 Å². The van der Waals surface area contributed by atoms with Crippen molar-refractivity contribution in [2.75, 3.05) is 6.54 Å². The lowest BCUT2D eigenvalue weighted by Crippen LogP contribution is -2.26. The molecule has 2 heterocycles. The number of H-pyrrole nitrogens is 1. The van der Waals surface area contributed by atoms with Crippen molar-refractivity contribution in [2.24, 2.45) is 0 Å². The number of nitrogens with zero attached hydrogens (tertiary/aromatic N) is 2. The summed E-state index contributed by atoms with van der Waals surface area (Å²) in [6, 6.07) is 9.53. The number of benzene rings is 1. The highest BCUT2D eigenvalue weighted by molar-refractivity contribution is 7.89. The largest absolute Gasteiger partial charge is 0.339 e. The molecule has 0 fully saturated rings. The number of sulfonamides is 1. The van der Waals surface area contributed by atoms with Crippen LogP contribution in [0.1, 0.15) is 11.5 Å². The summed E-state index contributed by atoms with van der Waals surface area (Å²) in [5.74, 6) is 0.625. The van der Waals surface area contributed by atoms with Crippen LogP contribution in [0, 0.1) is 6.92 Å². The highest BCUT2D eigenvalue weighted by Crippen LogP contribution is 2.13. The quantitative estimate of drug-likeness (QED) is 0.683. The van der Waals surface area contributed by atoms with E-state index in [2.05, 4.69) is 19.8 Å². The van der Waals surface area contributed by atoms with Crippen molar-refractivity contribution >= 4 is 10.0 Å². The van der Waals surface area contributed by atoms with Crippen molar-refractivity contribution in [3.8, 4) is 11.4 Å². The molecule has 1 aromatic carbocycles. The van der Waals surface area contributed by atoms with Crippen LogP contribution in [0.25, 0.3) is 11.4 Å². The van der Waals surface area contributed by atoms with Crippen molar-refractivity contribution < 1.29 is 12.9 Å². The zero-order valence-electron chi connectivity index (χ0n) is 13.4. The zero-order valence-corrected chi connectivity index (χ0v) is 14.2. The van der Waals surface area contributed by atoms with Gasteiger partial charge >= 0.3 is 0 Å². The monoisotopic (exact) mass is 360 g/mol. The van der Waals surface area contributed by atoms with Crippen molar-refractivity contribution in [3.63, 3.8) is 0 Å². The topological polar surface area (TPSA) is 118 Å². The van der Waals surface area contributed by atoms with Crippen LogP contribution in [0.2, 0.25) is 0 Å². The van der Waals surface area contributed by atoms with Crippen LogP contribution in [0.5, 0.6) is 0 Å². The number of aryl methyl sites for hydroxylation is 1. The summed E-state index contributed by atoms with van der Waals surface area (Å²) < 4.78 is 32.0. The minimum Gasteiger partial charge on any atom is -0.339 e. The van der Waals surface area contributed by atoms with Crippen molar-refractivity contribution in [1.82, 2.24) is 19.8 Å². The fraction of sp³-hybridized carbons (Fsp3) is 0.188. The third-order valence-electron chi connectivity index (χ3n) is 3.47.